The molecule has 0 N–H and O–H groups in total. The summed E-state index contributed by atoms with van der Waals surface area (Å²) in [6.07, 6.45) is 5.65. The van der Waals surface area contributed by atoms with Crippen LogP contribution in [0.15, 0.2) is 49.1 Å². The van der Waals surface area contributed by atoms with E-state index in [1.807, 2.05) is 37.3 Å². The molecule has 1 atom stereocenters. The Morgan fingerprint density at radius 3 is 2.69 bits per heavy atom. The molecule has 3 heteroatoms. The van der Waals surface area contributed by atoms with Gasteiger partial charge in [-0.05, 0) is 12.0 Å². The summed E-state index contributed by atoms with van der Waals surface area (Å²) in [5.74, 6) is -0.0124. The van der Waals surface area contributed by atoms with E-state index in [1.165, 1.54) is 0 Å². The highest BCUT2D eigenvalue weighted by Crippen LogP contribution is 2.21. The number of hydrogen-bond acceptors (Lipinski definition) is 2. The summed E-state index contributed by atoms with van der Waals surface area (Å²) >= 11 is 0. The molecule has 0 amide bonds. The maximum atomic E-state index is 12.2. The molecular weight excluding hydrogens is 200 g/mol. The third kappa shape index (κ3) is 2.03. The van der Waals surface area contributed by atoms with Crippen molar-refractivity contribution >= 4 is 5.91 Å². The number of imidazole rings is 1. The van der Waals surface area contributed by atoms with Crippen molar-refractivity contribution in [3.63, 3.8) is 0 Å². The second-order valence-corrected chi connectivity index (χ2v) is 3.68. The van der Waals surface area contributed by atoms with Gasteiger partial charge in [-0.25, -0.2) is 4.98 Å². The quantitative estimate of drug-likeness (QED) is 0.787. The van der Waals surface area contributed by atoms with Crippen molar-refractivity contribution < 1.29 is 4.79 Å². The van der Waals surface area contributed by atoms with Gasteiger partial charge in [0, 0.05) is 12.4 Å². The van der Waals surface area contributed by atoms with Crippen molar-refractivity contribution in [1.82, 2.24) is 9.55 Å². The minimum absolute atomic E-state index is 0.0752. The van der Waals surface area contributed by atoms with Crippen LogP contribution >= 0.6 is 0 Å². The molecular formula is C13H14N2O. The van der Waals surface area contributed by atoms with Crippen molar-refractivity contribution in [3.05, 3.63) is 54.6 Å². The molecule has 1 aromatic heterocycles. The van der Waals surface area contributed by atoms with E-state index in [9.17, 15) is 4.79 Å². The van der Waals surface area contributed by atoms with E-state index in [2.05, 4.69) is 4.98 Å². The van der Waals surface area contributed by atoms with E-state index in [-0.39, 0.29) is 11.8 Å². The van der Waals surface area contributed by atoms with Crippen molar-refractivity contribution in [2.24, 2.45) is 0 Å². The largest absolute Gasteiger partial charge is 0.276 e. The second-order valence-electron chi connectivity index (χ2n) is 3.68. The van der Waals surface area contributed by atoms with Crippen LogP contribution in [0, 0.1) is 0 Å². The normalized spacial score (nSPS) is 12.3. The summed E-state index contributed by atoms with van der Waals surface area (Å²) < 4.78 is 1.54. The van der Waals surface area contributed by atoms with Crippen LogP contribution in [0.25, 0.3) is 0 Å². The van der Waals surface area contributed by atoms with E-state index in [0.29, 0.717) is 0 Å². The maximum Gasteiger partial charge on any atom is 0.239 e. The van der Waals surface area contributed by atoms with Gasteiger partial charge in [-0.2, -0.15) is 0 Å². The molecule has 0 aliphatic heterocycles. The van der Waals surface area contributed by atoms with Crippen LogP contribution < -0.4 is 0 Å². The molecule has 0 radical (unpaired) electrons. The molecule has 0 bridgehead atoms. The molecule has 0 aliphatic carbocycles. The first-order chi connectivity index (χ1) is 7.83. The lowest BCUT2D eigenvalue weighted by Crippen LogP contribution is -2.18. The van der Waals surface area contributed by atoms with Crippen LogP contribution in [0.5, 0.6) is 0 Å². The maximum absolute atomic E-state index is 12.2. The number of hydrogen-bond donors (Lipinski definition) is 0. The number of rotatable bonds is 3. The average Bonchev–Trinajstić information content (AvgIpc) is 2.85. The van der Waals surface area contributed by atoms with Gasteiger partial charge in [0.15, 0.2) is 0 Å². The topological polar surface area (TPSA) is 34.9 Å². The number of carbonyl (C=O) groups is 1. The van der Waals surface area contributed by atoms with E-state index < -0.39 is 0 Å². The summed E-state index contributed by atoms with van der Waals surface area (Å²) in [4.78, 5) is 16.1. The van der Waals surface area contributed by atoms with Gasteiger partial charge in [-0.3, -0.25) is 9.36 Å². The first-order valence-electron chi connectivity index (χ1n) is 5.40. The lowest BCUT2D eigenvalue weighted by molar-refractivity contribution is 0.0875. The van der Waals surface area contributed by atoms with Crippen LogP contribution in [-0.4, -0.2) is 15.5 Å². The summed E-state index contributed by atoms with van der Waals surface area (Å²) in [5.41, 5.74) is 1.06. The Labute approximate surface area is 94.7 Å². The van der Waals surface area contributed by atoms with E-state index >= 15 is 0 Å². The summed E-state index contributed by atoms with van der Waals surface area (Å²) in [5, 5.41) is 0. The van der Waals surface area contributed by atoms with Crippen LogP contribution in [0.3, 0.4) is 0 Å². The van der Waals surface area contributed by atoms with Crippen LogP contribution in [0.1, 0.15) is 29.6 Å². The average molecular weight is 214 g/mol. The Morgan fingerprint density at radius 2 is 2.12 bits per heavy atom. The highest BCUT2D eigenvalue weighted by Gasteiger charge is 2.19. The minimum Gasteiger partial charge on any atom is -0.276 e. The zero-order chi connectivity index (χ0) is 11.4. The number of aromatic nitrogens is 2. The molecule has 0 fully saturated rings. The van der Waals surface area contributed by atoms with Crippen LogP contribution in [-0.2, 0) is 0 Å². The van der Waals surface area contributed by atoms with Crippen LogP contribution in [0.4, 0.5) is 0 Å². The molecule has 1 heterocycles. The van der Waals surface area contributed by atoms with E-state index in [4.69, 9.17) is 0 Å². The molecule has 2 rings (SSSR count). The Balaban J connectivity index is 2.27. The zero-order valence-electron chi connectivity index (χ0n) is 9.21. The third-order valence-corrected chi connectivity index (χ3v) is 2.67. The Kier molecular flexibility index (Phi) is 3.15. The summed E-state index contributed by atoms with van der Waals surface area (Å²) in [7, 11) is 0. The van der Waals surface area contributed by atoms with Gasteiger partial charge in [0.2, 0.25) is 5.91 Å². The lowest BCUT2D eigenvalue weighted by atomic mass is 9.96. The predicted octanol–water partition coefficient (Wildman–Crippen LogP) is 2.72. The third-order valence-electron chi connectivity index (χ3n) is 2.67. The highest BCUT2D eigenvalue weighted by molar-refractivity contribution is 5.85. The molecule has 0 saturated heterocycles. The van der Waals surface area contributed by atoms with Gasteiger partial charge in [0.1, 0.15) is 6.33 Å². The molecule has 3 nitrogen and oxygen atoms in total. The Morgan fingerprint density at radius 1 is 1.38 bits per heavy atom. The monoisotopic (exact) mass is 214 g/mol. The fourth-order valence-electron chi connectivity index (χ4n) is 1.81. The molecule has 0 aliphatic rings. The van der Waals surface area contributed by atoms with Crippen molar-refractivity contribution in [2.45, 2.75) is 19.3 Å². The summed E-state index contributed by atoms with van der Waals surface area (Å²) in [6.45, 7) is 2.02. The molecule has 0 saturated carbocycles. The molecule has 16 heavy (non-hydrogen) atoms. The number of carbonyl (C=O) groups excluding carboxylic acids is 1. The van der Waals surface area contributed by atoms with Crippen molar-refractivity contribution in [3.8, 4) is 0 Å². The van der Waals surface area contributed by atoms with E-state index in [1.54, 1.807) is 23.3 Å². The van der Waals surface area contributed by atoms with Gasteiger partial charge in [0.05, 0.1) is 5.92 Å². The molecule has 1 unspecified atom stereocenters. The second kappa shape index (κ2) is 4.75. The SMILES string of the molecule is CCC(C(=O)n1ccnc1)c1ccccc1. The molecule has 0 spiro atoms. The Bertz CT molecular complexity index is 448. The predicted molar refractivity (Wildman–Crippen MR) is 62.3 cm³/mol. The van der Waals surface area contributed by atoms with E-state index in [0.717, 1.165) is 12.0 Å². The minimum atomic E-state index is -0.0876. The first-order valence-corrected chi connectivity index (χ1v) is 5.40. The van der Waals surface area contributed by atoms with Gasteiger partial charge in [-0.15, -0.1) is 0 Å². The fourth-order valence-corrected chi connectivity index (χ4v) is 1.81. The van der Waals surface area contributed by atoms with Gasteiger partial charge < -0.3 is 0 Å². The number of benzene rings is 1. The summed E-state index contributed by atoms with van der Waals surface area (Å²) in [6, 6.07) is 9.85. The standard InChI is InChI=1S/C13H14N2O/c1-2-12(11-6-4-3-5-7-11)13(16)15-9-8-14-10-15/h3-10,12H,2H2,1H3. The molecule has 2 aromatic rings. The van der Waals surface area contributed by atoms with Gasteiger partial charge in [0.25, 0.3) is 0 Å². The van der Waals surface area contributed by atoms with Crippen molar-refractivity contribution in [2.75, 3.05) is 0 Å². The molecule has 82 valence electrons. The Hall–Kier alpha value is -1.90. The first kappa shape index (κ1) is 10.6. The van der Waals surface area contributed by atoms with Gasteiger partial charge in [-0.1, -0.05) is 37.3 Å². The fraction of sp³-hybridized carbons (Fsp3) is 0.231. The highest BCUT2D eigenvalue weighted by atomic mass is 16.2. The number of nitrogens with zero attached hydrogens (tertiary/aromatic N) is 2. The van der Waals surface area contributed by atoms with Crippen molar-refractivity contribution in [1.29, 1.82) is 0 Å². The van der Waals surface area contributed by atoms with Crippen LogP contribution in [0.2, 0.25) is 0 Å². The van der Waals surface area contributed by atoms with Gasteiger partial charge >= 0.3 is 0 Å². The molecule has 1 aromatic carbocycles. The smallest absolute Gasteiger partial charge is 0.239 e. The lowest BCUT2D eigenvalue weighted by Gasteiger charge is -2.13. The zero-order valence-corrected chi connectivity index (χ0v) is 9.21.